The first-order valence-electron chi connectivity index (χ1n) is 10.00. The third kappa shape index (κ3) is 6.37. The molecule has 2 aromatic carbocycles. The van der Waals surface area contributed by atoms with E-state index in [1.807, 2.05) is 30.3 Å². The molecule has 0 N–H and O–H groups in total. The van der Waals surface area contributed by atoms with E-state index in [0.29, 0.717) is 50.7 Å². The van der Waals surface area contributed by atoms with E-state index in [4.69, 9.17) is 9.47 Å². The molecule has 1 aliphatic rings. The van der Waals surface area contributed by atoms with Crippen LogP contribution in [0.2, 0.25) is 0 Å². The SMILES string of the molecule is COC(=O)C1CC(OCC#Cc2ccc(F)cc2)CCN1C(=O)[CH]([Pb])c1ccccc1. The summed E-state index contributed by atoms with van der Waals surface area (Å²) in [6, 6.07) is 14.9. The third-order valence-electron chi connectivity index (χ3n) is 5.16. The molecule has 0 aliphatic carbocycles. The minimum atomic E-state index is -0.665. The number of carbonyl (C=O) groups is 2. The van der Waals surface area contributed by atoms with Crippen LogP contribution in [-0.4, -0.2) is 75.0 Å². The van der Waals surface area contributed by atoms with Crippen molar-refractivity contribution in [3.8, 4) is 11.8 Å². The number of rotatable bonds is 5. The summed E-state index contributed by atoms with van der Waals surface area (Å²) in [5, 5.41) is 0. The van der Waals surface area contributed by atoms with Crippen molar-refractivity contribution in [1.82, 2.24) is 4.90 Å². The maximum absolute atomic E-state index is 13.1. The van der Waals surface area contributed by atoms with Gasteiger partial charge in [0.2, 0.25) is 0 Å². The second-order valence-electron chi connectivity index (χ2n) is 7.18. The molecule has 3 unspecified atom stereocenters. The zero-order chi connectivity index (χ0) is 22.2. The van der Waals surface area contributed by atoms with Crippen LogP contribution in [0.5, 0.6) is 0 Å². The maximum atomic E-state index is 13.1. The first-order valence-corrected chi connectivity index (χ1v) is 12.2. The third-order valence-corrected chi connectivity index (χ3v) is 7.41. The molecule has 1 amide bonds. The molecule has 3 atom stereocenters. The van der Waals surface area contributed by atoms with Gasteiger partial charge in [-0.1, -0.05) is 0 Å². The van der Waals surface area contributed by atoms with Crippen LogP contribution in [0.25, 0.3) is 0 Å². The van der Waals surface area contributed by atoms with Crippen LogP contribution in [0, 0.1) is 17.7 Å². The minimum absolute atomic E-state index is 0.0391. The van der Waals surface area contributed by atoms with Gasteiger partial charge in [0.1, 0.15) is 5.82 Å². The summed E-state index contributed by atoms with van der Waals surface area (Å²) in [5.74, 6) is 5.06. The monoisotopic (exact) mass is 616 g/mol. The predicted molar refractivity (Wildman–Crippen MR) is 115 cm³/mol. The van der Waals surface area contributed by atoms with Gasteiger partial charge in [-0.15, -0.1) is 0 Å². The van der Waals surface area contributed by atoms with E-state index >= 15 is 0 Å². The second-order valence-corrected chi connectivity index (χ2v) is 9.42. The number of carbonyl (C=O) groups excluding carboxylic acids is 2. The van der Waals surface area contributed by atoms with Crippen molar-refractivity contribution in [3.05, 3.63) is 71.5 Å². The van der Waals surface area contributed by atoms with Gasteiger partial charge in [-0.25, -0.2) is 4.39 Å². The van der Waals surface area contributed by atoms with Crippen LogP contribution < -0.4 is 0 Å². The van der Waals surface area contributed by atoms with E-state index in [0.717, 1.165) is 5.56 Å². The van der Waals surface area contributed by atoms with Gasteiger partial charge >= 0.3 is 176 Å². The molecule has 159 valence electrons. The Kier molecular flexibility index (Phi) is 8.61. The number of benzene rings is 2. The Balaban J connectivity index is 1.61. The molecule has 0 aromatic heterocycles. The molecule has 2 aromatic rings. The Bertz CT molecular complexity index is 955. The van der Waals surface area contributed by atoms with Crippen LogP contribution >= 0.6 is 0 Å². The molecule has 1 fully saturated rings. The summed E-state index contributed by atoms with van der Waals surface area (Å²) < 4.78 is 23.5. The predicted octanol–water partition coefficient (Wildman–Crippen LogP) is 2.64. The Morgan fingerprint density at radius 2 is 1.90 bits per heavy atom. The first kappa shape index (κ1) is 23.4. The summed E-state index contributed by atoms with van der Waals surface area (Å²) in [6.45, 7) is 0.622. The zero-order valence-electron chi connectivity index (χ0n) is 17.2. The van der Waals surface area contributed by atoms with Crippen LogP contribution in [-0.2, 0) is 19.1 Å². The number of nitrogens with zero attached hydrogens (tertiary/aromatic N) is 1. The van der Waals surface area contributed by atoms with E-state index in [1.54, 1.807) is 17.0 Å². The van der Waals surface area contributed by atoms with Crippen LogP contribution in [0.15, 0.2) is 54.6 Å². The number of amides is 1. The van der Waals surface area contributed by atoms with Crippen molar-refractivity contribution >= 4 is 37.6 Å². The van der Waals surface area contributed by atoms with Crippen molar-refractivity contribution < 1.29 is 23.5 Å². The van der Waals surface area contributed by atoms with Crippen LogP contribution in [0.3, 0.4) is 0 Å². The van der Waals surface area contributed by atoms with E-state index in [-0.39, 0.29) is 27.9 Å². The fraction of sp³-hybridized carbons (Fsp3) is 0.333. The van der Waals surface area contributed by atoms with Crippen molar-refractivity contribution in [2.45, 2.75) is 28.5 Å². The Morgan fingerprint density at radius 1 is 1.19 bits per heavy atom. The van der Waals surface area contributed by atoms with Gasteiger partial charge in [0, 0.05) is 0 Å². The summed E-state index contributed by atoms with van der Waals surface area (Å²) in [5.41, 5.74) is 1.68. The number of hydrogen-bond donors (Lipinski definition) is 0. The van der Waals surface area contributed by atoms with Crippen molar-refractivity contribution in [1.29, 1.82) is 0 Å². The van der Waals surface area contributed by atoms with E-state index < -0.39 is 12.0 Å². The average Bonchev–Trinajstić information content (AvgIpc) is 2.82. The number of halogens is 1. The van der Waals surface area contributed by atoms with Gasteiger partial charge in [0.15, 0.2) is 0 Å². The molecule has 0 saturated carbocycles. The molecular weight excluding hydrogens is 592 g/mol. The average molecular weight is 616 g/mol. The standard InChI is InChI=1S/C24H23FNO4.Pb/c1-29-24(28)22-17-21(30-15-5-8-18-9-11-20(25)12-10-18)13-14-26(22)23(27)16-19-6-3-2-4-7-19;/h2-4,6-7,9-12,16,21-22H,13-15,17H2,1H3;. The molecule has 7 heteroatoms. The van der Waals surface area contributed by atoms with E-state index in [1.165, 1.54) is 19.2 Å². The Morgan fingerprint density at radius 3 is 2.58 bits per heavy atom. The normalized spacial score (nSPS) is 19.1. The van der Waals surface area contributed by atoms with E-state index in [2.05, 4.69) is 11.8 Å². The van der Waals surface area contributed by atoms with Crippen LogP contribution in [0.1, 0.15) is 27.4 Å². The van der Waals surface area contributed by atoms with Gasteiger partial charge in [0.05, 0.1) is 0 Å². The number of esters is 1. The van der Waals surface area contributed by atoms with Gasteiger partial charge in [-0.3, -0.25) is 0 Å². The topological polar surface area (TPSA) is 55.8 Å². The second kappa shape index (κ2) is 11.4. The van der Waals surface area contributed by atoms with Gasteiger partial charge in [-0.05, 0) is 12.1 Å². The van der Waals surface area contributed by atoms with E-state index in [9.17, 15) is 14.0 Å². The summed E-state index contributed by atoms with van der Waals surface area (Å²) in [6.07, 6.45) is 0.806. The first-order chi connectivity index (χ1) is 15.0. The molecular formula is C24H23FNO4Pb. The number of hydrogen-bond acceptors (Lipinski definition) is 4. The van der Waals surface area contributed by atoms with Crippen molar-refractivity contribution in [2.24, 2.45) is 0 Å². The zero-order valence-corrected chi connectivity index (χ0v) is 21.1. The quantitative estimate of drug-likeness (QED) is 0.295. The van der Waals surface area contributed by atoms with Crippen molar-refractivity contribution in [2.75, 3.05) is 20.3 Å². The number of likely N-dealkylation sites (tertiary alicyclic amines) is 1. The van der Waals surface area contributed by atoms with Gasteiger partial charge in [-0.2, -0.15) is 0 Å². The molecule has 31 heavy (non-hydrogen) atoms. The summed E-state index contributed by atoms with van der Waals surface area (Å²) in [4.78, 5) is 27.2. The van der Waals surface area contributed by atoms with Gasteiger partial charge in [0.25, 0.3) is 0 Å². The summed E-state index contributed by atoms with van der Waals surface area (Å²) in [7, 11) is 1.33. The fourth-order valence-electron chi connectivity index (χ4n) is 3.49. The van der Waals surface area contributed by atoms with Gasteiger partial charge < -0.3 is 0 Å². The Labute approximate surface area is 197 Å². The molecule has 1 saturated heterocycles. The molecule has 0 spiro atoms. The van der Waals surface area contributed by atoms with Crippen molar-refractivity contribution in [3.63, 3.8) is 0 Å². The number of piperidine rings is 1. The summed E-state index contributed by atoms with van der Waals surface area (Å²) >= 11 is 0.650. The number of methoxy groups -OCH3 is 1. The molecule has 3 radical (unpaired) electrons. The number of ether oxygens (including phenoxy) is 2. The fourth-order valence-corrected chi connectivity index (χ4v) is 4.89. The molecule has 0 bridgehead atoms. The molecule has 1 heterocycles. The molecule has 3 rings (SSSR count). The molecule has 1 aliphatic heterocycles. The molecule has 5 nitrogen and oxygen atoms in total. The Hall–Kier alpha value is -2.25. The van der Waals surface area contributed by atoms with Crippen LogP contribution in [0.4, 0.5) is 4.39 Å².